The molecular formula is C15H16N4. The molecule has 0 spiro atoms. The molecule has 0 aliphatic carbocycles. The van der Waals surface area contributed by atoms with Gasteiger partial charge in [-0.1, -0.05) is 12.1 Å². The van der Waals surface area contributed by atoms with E-state index in [-0.39, 0.29) is 0 Å². The Morgan fingerprint density at radius 2 is 2.16 bits per heavy atom. The van der Waals surface area contributed by atoms with Crippen molar-refractivity contribution in [1.82, 2.24) is 14.5 Å². The Morgan fingerprint density at radius 3 is 2.95 bits per heavy atom. The second-order valence-electron chi connectivity index (χ2n) is 4.73. The number of nitrogens with zero attached hydrogens (tertiary/aromatic N) is 3. The normalized spacial score (nSPS) is 11.0. The molecule has 96 valence electrons. The van der Waals surface area contributed by atoms with Crippen molar-refractivity contribution in [2.24, 2.45) is 0 Å². The molecule has 1 aromatic carbocycles. The molecule has 0 unspecified atom stereocenters. The zero-order chi connectivity index (χ0) is 13.2. The predicted octanol–water partition coefficient (Wildman–Crippen LogP) is 2.56. The van der Waals surface area contributed by atoms with Gasteiger partial charge in [-0.2, -0.15) is 0 Å². The first kappa shape index (κ1) is 11.7. The molecule has 2 heterocycles. The van der Waals surface area contributed by atoms with Gasteiger partial charge in [0.25, 0.3) is 0 Å². The minimum absolute atomic E-state index is 0.574. The highest BCUT2D eigenvalue weighted by Gasteiger charge is 2.07. The summed E-state index contributed by atoms with van der Waals surface area (Å²) < 4.78 is 2.06. The lowest BCUT2D eigenvalue weighted by Gasteiger charge is -2.06. The van der Waals surface area contributed by atoms with E-state index in [1.807, 2.05) is 12.3 Å². The number of aryl methyl sites for hydroxylation is 3. The zero-order valence-electron chi connectivity index (χ0n) is 10.9. The number of aromatic nitrogens is 3. The van der Waals surface area contributed by atoms with E-state index in [1.165, 1.54) is 11.1 Å². The van der Waals surface area contributed by atoms with Gasteiger partial charge in [-0.3, -0.25) is 4.98 Å². The second-order valence-corrected chi connectivity index (χ2v) is 4.73. The Labute approximate surface area is 111 Å². The topological polar surface area (TPSA) is 56.7 Å². The molecule has 0 bridgehead atoms. The average molecular weight is 252 g/mol. The Balaban J connectivity index is 1.90. The Bertz CT molecular complexity index is 701. The highest BCUT2D eigenvalue weighted by molar-refractivity contribution is 5.79. The lowest BCUT2D eigenvalue weighted by molar-refractivity contribution is 0.724. The highest BCUT2D eigenvalue weighted by Crippen LogP contribution is 2.19. The van der Waals surface area contributed by atoms with E-state index in [0.29, 0.717) is 5.95 Å². The molecule has 4 heteroatoms. The quantitative estimate of drug-likeness (QED) is 0.779. The first-order valence-corrected chi connectivity index (χ1v) is 6.35. The SMILES string of the molecule is Cc1ccc2c(c1)nc(N)n2CCc1cccnc1. The third kappa shape index (κ3) is 2.29. The lowest BCUT2D eigenvalue weighted by Crippen LogP contribution is -2.05. The minimum atomic E-state index is 0.574. The van der Waals surface area contributed by atoms with Crippen LogP contribution in [-0.4, -0.2) is 14.5 Å². The van der Waals surface area contributed by atoms with Gasteiger partial charge < -0.3 is 10.3 Å². The van der Waals surface area contributed by atoms with Crippen LogP contribution in [0.15, 0.2) is 42.7 Å². The summed E-state index contributed by atoms with van der Waals surface area (Å²) in [5.41, 5.74) is 10.5. The molecule has 19 heavy (non-hydrogen) atoms. The van der Waals surface area contributed by atoms with Gasteiger partial charge in [-0.05, 0) is 42.7 Å². The summed E-state index contributed by atoms with van der Waals surface area (Å²) in [7, 11) is 0. The minimum Gasteiger partial charge on any atom is -0.369 e. The van der Waals surface area contributed by atoms with E-state index in [4.69, 9.17) is 5.73 Å². The Hall–Kier alpha value is -2.36. The molecule has 0 atom stereocenters. The molecule has 0 fully saturated rings. The zero-order valence-corrected chi connectivity index (χ0v) is 10.9. The fourth-order valence-electron chi connectivity index (χ4n) is 2.28. The number of nitrogen functional groups attached to an aromatic ring is 1. The number of imidazole rings is 1. The van der Waals surface area contributed by atoms with Crippen molar-refractivity contribution in [2.75, 3.05) is 5.73 Å². The van der Waals surface area contributed by atoms with Gasteiger partial charge in [0.1, 0.15) is 0 Å². The van der Waals surface area contributed by atoms with Crippen LogP contribution >= 0.6 is 0 Å². The van der Waals surface area contributed by atoms with Crippen LogP contribution in [0.25, 0.3) is 11.0 Å². The summed E-state index contributed by atoms with van der Waals surface area (Å²) in [4.78, 5) is 8.54. The maximum Gasteiger partial charge on any atom is 0.201 e. The van der Waals surface area contributed by atoms with Crippen molar-refractivity contribution < 1.29 is 0 Å². The first-order chi connectivity index (χ1) is 9.24. The molecule has 3 rings (SSSR count). The largest absolute Gasteiger partial charge is 0.369 e. The fourth-order valence-corrected chi connectivity index (χ4v) is 2.28. The molecule has 0 aliphatic heterocycles. The number of anilines is 1. The smallest absolute Gasteiger partial charge is 0.201 e. The molecule has 0 aliphatic rings. The van der Waals surface area contributed by atoms with E-state index in [2.05, 4.69) is 45.7 Å². The molecule has 2 aromatic heterocycles. The van der Waals surface area contributed by atoms with Gasteiger partial charge in [0.2, 0.25) is 5.95 Å². The molecule has 0 amide bonds. The van der Waals surface area contributed by atoms with Gasteiger partial charge in [0.05, 0.1) is 11.0 Å². The molecule has 4 nitrogen and oxygen atoms in total. The van der Waals surface area contributed by atoms with Crippen LogP contribution in [0.3, 0.4) is 0 Å². The van der Waals surface area contributed by atoms with Crippen LogP contribution in [-0.2, 0) is 13.0 Å². The average Bonchev–Trinajstić information content (AvgIpc) is 2.72. The van der Waals surface area contributed by atoms with E-state index in [0.717, 1.165) is 24.0 Å². The third-order valence-electron chi connectivity index (χ3n) is 3.28. The van der Waals surface area contributed by atoms with Gasteiger partial charge >= 0.3 is 0 Å². The molecule has 0 saturated heterocycles. The van der Waals surface area contributed by atoms with Crippen molar-refractivity contribution in [3.8, 4) is 0 Å². The maximum atomic E-state index is 6.00. The first-order valence-electron chi connectivity index (χ1n) is 6.35. The molecule has 2 N–H and O–H groups in total. The Kier molecular flexibility index (Phi) is 2.91. The van der Waals surface area contributed by atoms with Gasteiger partial charge in [-0.15, -0.1) is 0 Å². The van der Waals surface area contributed by atoms with Crippen LogP contribution in [0, 0.1) is 6.92 Å². The van der Waals surface area contributed by atoms with Crippen molar-refractivity contribution in [1.29, 1.82) is 0 Å². The number of pyridine rings is 1. The summed E-state index contributed by atoms with van der Waals surface area (Å²) in [5.74, 6) is 0.574. The fraction of sp³-hybridized carbons (Fsp3) is 0.200. The van der Waals surface area contributed by atoms with Crippen molar-refractivity contribution >= 4 is 17.0 Å². The molecule has 0 radical (unpaired) electrons. The van der Waals surface area contributed by atoms with Crippen molar-refractivity contribution in [3.63, 3.8) is 0 Å². The Morgan fingerprint density at radius 1 is 1.26 bits per heavy atom. The maximum absolute atomic E-state index is 6.00. The van der Waals surface area contributed by atoms with Crippen molar-refractivity contribution in [3.05, 3.63) is 53.9 Å². The third-order valence-corrected chi connectivity index (χ3v) is 3.28. The van der Waals surface area contributed by atoms with Gasteiger partial charge in [-0.25, -0.2) is 4.98 Å². The van der Waals surface area contributed by atoms with E-state index >= 15 is 0 Å². The lowest BCUT2D eigenvalue weighted by atomic mass is 10.2. The van der Waals surface area contributed by atoms with E-state index in [1.54, 1.807) is 6.20 Å². The number of rotatable bonds is 3. The van der Waals surface area contributed by atoms with Crippen LogP contribution in [0.1, 0.15) is 11.1 Å². The number of benzene rings is 1. The second kappa shape index (κ2) is 4.72. The van der Waals surface area contributed by atoms with Crippen LogP contribution < -0.4 is 5.73 Å². The molecule has 3 aromatic rings. The molecule has 0 saturated carbocycles. The number of hydrogen-bond acceptors (Lipinski definition) is 3. The predicted molar refractivity (Wildman–Crippen MR) is 76.8 cm³/mol. The summed E-state index contributed by atoms with van der Waals surface area (Å²) in [6.07, 6.45) is 4.57. The van der Waals surface area contributed by atoms with Gasteiger partial charge in [0, 0.05) is 18.9 Å². The van der Waals surface area contributed by atoms with Crippen LogP contribution in [0.2, 0.25) is 0 Å². The van der Waals surface area contributed by atoms with E-state index < -0.39 is 0 Å². The number of hydrogen-bond donors (Lipinski definition) is 1. The standard InChI is InChI=1S/C15H16N4/c1-11-4-5-14-13(9-11)18-15(16)19(14)8-6-12-3-2-7-17-10-12/h2-5,7,9-10H,6,8H2,1H3,(H2,16,18). The summed E-state index contributed by atoms with van der Waals surface area (Å²) in [6.45, 7) is 2.88. The number of nitrogens with two attached hydrogens (primary N) is 1. The van der Waals surface area contributed by atoms with Gasteiger partial charge in [0.15, 0.2) is 0 Å². The monoisotopic (exact) mass is 252 g/mol. The van der Waals surface area contributed by atoms with Crippen molar-refractivity contribution in [2.45, 2.75) is 19.9 Å². The highest BCUT2D eigenvalue weighted by atomic mass is 15.1. The van der Waals surface area contributed by atoms with E-state index in [9.17, 15) is 0 Å². The molecular weight excluding hydrogens is 236 g/mol. The van der Waals surface area contributed by atoms with Crippen LogP contribution in [0.5, 0.6) is 0 Å². The summed E-state index contributed by atoms with van der Waals surface area (Å²) in [5, 5.41) is 0. The number of fused-ring (bicyclic) bond motifs is 1. The van der Waals surface area contributed by atoms with Crippen LogP contribution in [0.4, 0.5) is 5.95 Å². The summed E-state index contributed by atoms with van der Waals surface area (Å²) >= 11 is 0. The summed E-state index contributed by atoms with van der Waals surface area (Å²) in [6, 6.07) is 10.3.